The number of benzene rings is 3. The van der Waals surface area contributed by atoms with Crippen molar-refractivity contribution in [2.75, 3.05) is 32.8 Å². The molecule has 1 fully saturated rings. The molecule has 0 spiro atoms. The molecule has 4 N–H and O–H groups in total. The number of piperazine rings is 1. The van der Waals surface area contributed by atoms with Crippen LogP contribution in [0.1, 0.15) is 77.6 Å². The number of rotatable bonds is 10. The van der Waals surface area contributed by atoms with Crippen molar-refractivity contribution in [2.24, 2.45) is 5.73 Å². The average Bonchev–Trinajstić information content (AvgIpc) is 3.62. The largest absolute Gasteiger partial charge is 0.508 e. The number of H-pyrrole nitrogens is 1. The van der Waals surface area contributed by atoms with Gasteiger partial charge in [0.25, 0.3) is 0 Å². The average molecular weight is 617 g/mol. The minimum atomic E-state index is 0.0507. The predicted octanol–water partition coefficient (Wildman–Crippen LogP) is 7.29. The zero-order valence-corrected chi connectivity index (χ0v) is 28.5. The molecule has 0 unspecified atom stereocenters. The summed E-state index contributed by atoms with van der Waals surface area (Å²) in [4.78, 5) is 5.15. The highest BCUT2D eigenvalue weighted by atomic mass is 16.5. The number of hydrogen-bond donors (Lipinski definition) is 3. The van der Waals surface area contributed by atoms with E-state index >= 15 is 0 Å². The van der Waals surface area contributed by atoms with Crippen LogP contribution in [0.25, 0.3) is 11.3 Å². The minimum absolute atomic E-state index is 0.0507. The number of phenolic OH excluding ortho intramolecular Hbond substituents is 1. The Labute approximate surface area is 271 Å². The van der Waals surface area contributed by atoms with Crippen molar-refractivity contribution in [2.45, 2.75) is 79.6 Å². The van der Waals surface area contributed by atoms with E-state index in [0.29, 0.717) is 31.0 Å². The highest BCUT2D eigenvalue weighted by Gasteiger charge is 2.35. The van der Waals surface area contributed by atoms with Crippen molar-refractivity contribution in [3.8, 4) is 17.0 Å². The van der Waals surface area contributed by atoms with Gasteiger partial charge in [-0.05, 0) is 49.1 Å². The van der Waals surface area contributed by atoms with Gasteiger partial charge in [0, 0.05) is 50.4 Å². The lowest BCUT2D eigenvalue weighted by Crippen LogP contribution is -2.56. The molecule has 8 heteroatoms. The third-order valence-electron chi connectivity index (χ3n) is 7.46. The number of phenols is 1. The van der Waals surface area contributed by atoms with Gasteiger partial charge in [-0.15, -0.1) is 0 Å². The number of nitrogens with zero attached hydrogens (tertiary/aromatic N) is 4. The fourth-order valence-electron chi connectivity index (χ4n) is 5.40. The van der Waals surface area contributed by atoms with Crippen LogP contribution in [0.15, 0.2) is 85.1 Å². The fraction of sp³-hybridized carbons (Fsp3) is 0.459. The summed E-state index contributed by atoms with van der Waals surface area (Å²) in [5.41, 5.74) is 10.7. The zero-order valence-electron chi connectivity index (χ0n) is 28.5. The van der Waals surface area contributed by atoms with Crippen molar-refractivity contribution in [3.63, 3.8) is 0 Å². The van der Waals surface area contributed by atoms with Gasteiger partial charge in [-0.3, -0.25) is 9.80 Å². The van der Waals surface area contributed by atoms with E-state index in [2.05, 4.69) is 107 Å². The van der Waals surface area contributed by atoms with Gasteiger partial charge >= 0.3 is 0 Å². The number of hydrogen-bond acceptors (Lipinski definition) is 7. The maximum Gasteiger partial charge on any atom is 0.115 e. The van der Waals surface area contributed by atoms with E-state index < -0.39 is 0 Å². The van der Waals surface area contributed by atoms with Crippen LogP contribution in [0.4, 0.5) is 0 Å². The Kier molecular flexibility index (Phi) is 17.7. The fourth-order valence-corrected chi connectivity index (χ4v) is 5.40. The molecule has 8 nitrogen and oxygen atoms in total. The molecule has 0 amide bonds. The topological polar surface area (TPSA) is 104 Å². The first-order chi connectivity index (χ1) is 22.0. The summed E-state index contributed by atoms with van der Waals surface area (Å²) in [5, 5.41) is 21.1. The SMILES string of the molecule is CC.CC.CCCOCCN.C[C@@H]1CN([C@H](c2ccc(-c3cn[nH]n3)cc2)c2cccc(O)c2)[C@@H](C)CN1Cc1ccccc1. The molecule has 0 aliphatic carbocycles. The summed E-state index contributed by atoms with van der Waals surface area (Å²) in [6, 6.07) is 27.7. The van der Waals surface area contributed by atoms with E-state index in [-0.39, 0.29) is 6.04 Å². The lowest BCUT2D eigenvalue weighted by molar-refractivity contribution is 0.0195. The summed E-state index contributed by atoms with van der Waals surface area (Å²) in [7, 11) is 0. The van der Waals surface area contributed by atoms with Gasteiger partial charge in [0.1, 0.15) is 11.4 Å². The Hall–Kier alpha value is -3.56. The van der Waals surface area contributed by atoms with Crippen LogP contribution in [-0.2, 0) is 11.3 Å². The first-order valence-electron chi connectivity index (χ1n) is 16.6. The van der Waals surface area contributed by atoms with E-state index in [1.807, 2.05) is 39.8 Å². The normalized spacial score (nSPS) is 17.1. The minimum Gasteiger partial charge on any atom is -0.508 e. The highest BCUT2D eigenvalue weighted by molar-refractivity contribution is 5.58. The molecule has 2 heterocycles. The molecule has 3 atom stereocenters. The maximum atomic E-state index is 10.3. The molecule has 5 rings (SSSR count). The number of aromatic hydroxyl groups is 1. The number of nitrogens with two attached hydrogens (primary N) is 1. The Morgan fingerprint density at radius 2 is 1.60 bits per heavy atom. The van der Waals surface area contributed by atoms with E-state index in [0.717, 1.165) is 49.5 Å². The molecule has 0 radical (unpaired) electrons. The van der Waals surface area contributed by atoms with Crippen molar-refractivity contribution in [1.82, 2.24) is 25.2 Å². The Morgan fingerprint density at radius 1 is 0.889 bits per heavy atom. The monoisotopic (exact) mass is 616 g/mol. The second-order valence-electron chi connectivity index (χ2n) is 10.7. The van der Waals surface area contributed by atoms with Gasteiger partial charge in [0.2, 0.25) is 0 Å². The number of ether oxygens (including phenoxy) is 1. The number of aromatic amines is 1. The van der Waals surface area contributed by atoms with Gasteiger partial charge in [-0.25, -0.2) is 0 Å². The summed E-state index contributed by atoms with van der Waals surface area (Å²) < 4.78 is 5.01. The molecule has 0 saturated carbocycles. The molecule has 1 aliphatic rings. The molecular weight excluding hydrogens is 560 g/mol. The third-order valence-corrected chi connectivity index (χ3v) is 7.46. The molecule has 246 valence electrons. The Balaban J connectivity index is 0.000000561. The van der Waals surface area contributed by atoms with Gasteiger partial charge in [-0.1, -0.05) is 101 Å². The lowest BCUT2D eigenvalue weighted by atomic mass is 9.92. The second-order valence-corrected chi connectivity index (χ2v) is 10.7. The van der Waals surface area contributed by atoms with Crippen LogP contribution in [-0.4, -0.2) is 75.2 Å². The van der Waals surface area contributed by atoms with E-state index in [4.69, 9.17) is 10.5 Å². The smallest absolute Gasteiger partial charge is 0.115 e. The first-order valence-corrected chi connectivity index (χ1v) is 16.6. The molecule has 4 aromatic rings. The van der Waals surface area contributed by atoms with Crippen LogP contribution in [0, 0.1) is 0 Å². The van der Waals surface area contributed by atoms with Gasteiger partial charge in [0.05, 0.1) is 18.8 Å². The van der Waals surface area contributed by atoms with Crippen LogP contribution in [0.3, 0.4) is 0 Å². The van der Waals surface area contributed by atoms with Crippen molar-refractivity contribution in [3.05, 3.63) is 102 Å². The summed E-state index contributed by atoms with van der Waals surface area (Å²) in [5.74, 6) is 0.296. The number of nitrogens with one attached hydrogen (secondary N) is 1. The van der Waals surface area contributed by atoms with E-state index in [9.17, 15) is 5.11 Å². The molecule has 1 saturated heterocycles. The Morgan fingerprint density at radius 3 is 2.20 bits per heavy atom. The van der Waals surface area contributed by atoms with Crippen LogP contribution >= 0.6 is 0 Å². The third kappa shape index (κ3) is 11.7. The molecule has 1 aromatic heterocycles. The molecule has 0 bridgehead atoms. The Bertz CT molecular complexity index is 1280. The molecule has 45 heavy (non-hydrogen) atoms. The lowest BCUT2D eigenvalue weighted by Gasteiger charge is -2.47. The summed E-state index contributed by atoms with van der Waals surface area (Å²) in [6.45, 7) is 19.8. The second kappa shape index (κ2) is 21.2. The molecular formula is C37H56N6O2. The molecule has 1 aliphatic heterocycles. The summed E-state index contributed by atoms with van der Waals surface area (Å²) >= 11 is 0. The van der Waals surface area contributed by atoms with E-state index in [1.165, 1.54) is 11.1 Å². The van der Waals surface area contributed by atoms with Gasteiger partial charge < -0.3 is 15.6 Å². The first kappa shape index (κ1) is 37.6. The molecule has 3 aromatic carbocycles. The zero-order chi connectivity index (χ0) is 33.0. The quantitative estimate of drug-likeness (QED) is 0.161. The van der Waals surface area contributed by atoms with E-state index in [1.54, 1.807) is 12.3 Å². The number of aromatic nitrogens is 3. The van der Waals surface area contributed by atoms with Gasteiger partial charge in [0.15, 0.2) is 0 Å². The van der Waals surface area contributed by atoms with Crippen molar-refractivity contribution in [1.29, 1.82) is 0 Å². The standard InChI is InChI=1S/C28H31N5O.C5H13NO.2C2H6/c1-20-18-33(21(2)17-32(20)19-22-7-4-3-5-8-22)28(25-9-6-10-26(34)15-25)24-13-11-23(12-14-24)27-16-29-31-30-27;1-2-4-7-5-3-6;2*1-2/h3-16,20-21,28,34H,17-19H2,1-2H3,(H,29,30,31);2-6H2,1H3;2*1-2H3/t20-,21+,28-;;;/m1.../s1. The van der Waals surface area contributed by atoms with Crippen LogP contribution in [0.2, 0.25) is 0 Å². The van der Waals surface area contributed by atoms with Crippen molar-refractivity contribution < 1.29 is 9.84 Å². The van der Waals surface area contributed by atoms with Crippen molar-refractivity contribution >= 4 is 0 Å². The predicted molar refractivity (Wildman–Crippen MR) is 187 cm³/mol. The van der Waals surface area contributed by atoms with Gasteiger partial charge in [-0.2, -0.15) is 15.4 Å². The highest BCUT2D eigenvalue weighted by Crippen LogP contribution is 2.35. The van der Waals surface area contributed by atoms with Crippen LogP contribution < -0.4 is 5.73 Å². The maximum absolute atomic E-state index is 10.3. The summed E-state index contributed by atoms with van der Waals surface area (Å²) in [6.07, 6.45) is 2.82. The van der Waals surface area contributed by atoms with Crippen LogP contribution in [0.5, 0.6) is 5.75 Å².